The SMILES string of the molecule is Cl.Nc1ccc(C(=O)CC(=O)C(F)(F)F)cc1. The molecular formula is C10H9ClF3NO2. The van der Waals surface area contributed by atoms with Crippen LogP contribution in [0, 0.1) is 0 Å². The van der Waals surface area contributed by atoms with Crippen LogP contribution in [0.1, 0.15) is 16.8 Å². The predicted octanol–water partition coefficient (Wildman–Crippen LogP) is 2.39. The van der Waals surface area contributed by atoms with Crippen LogP contribution in [0.5, 0.6) is 0 Å². The fraction of sp³-hybridized carbons (Fsp3) is 0.200. The van der Waals surface area contributed by atoms with Crippen molar-refractivity contribution < 1.29 is 22.8 Å². The third-order valence-electron chi connectivity index (χ3n) is 1.87. The number of hydrogen-bond donors (Lipinski definition) is 1. The molecule has 2 N–H and O–H groups in total. The number of anilines is 1. The molecule has 0 radical (unpaired) electrons. The molecule has 0 aromatic heterocycles. The summed E-state index contributed by atoms with van der Waals surface area (Å²) in [7, 11) is 0. The largest absolute Gasteiger partial charge is 0.450 e. The lowest BCUT2D eigenvalue weighted by Gasteiger charge is -2.04. The van der Waals surface area contributed by atoms with Gasteiger partial charge in [0.05, 0.1) is 6.42 Å². The topological polar surface area (TPSA) is 60.2 Å². The molecule has 0 fully saturated rings. The van der Waals surface area contributed by atoms with Gasteiger partial charge in [0.25, 0.3) is 0 Å². The highest BCUT2D eigenvalue weighted by atomic mass is 35.5. The monoisotopic (exact) mass is 267 g/mol. The first-order valence-corrected chi connectivity index (χ1v) is 4.29. The molecule has 1 aromatic carbocycles. The molecule has 17 heavy (non-hydrogen) atoms. The van der Waals surface area contributed by atoms with Crippen molar-refractivity contribution in [1.82, 2.24) is 0 Å². The number of benzene rings is 1. The van der Waals surface area contributed by atoms with Crippen molar-refractivity contribution in [3.05, 3.63) is 29.8 Å². The van der Waals surface area contributed by atoms with Gasteiger partial charge in [0.1, 0.15) is 0 Å². The normalized spacial score (nSPS) is 10.5. The molecule has 1 rings (SSSR count). The Balaban J connectivity index is 0.00000256. The highest BCUT2D eigenvalue weighted by molar-refractivity contribution is 6.09. The molecule has 0 aliphatic rings. The minimum absolute atomic E-state index is 0. The third kappa shape index (κ3) is 4.44. The van der Waals surface area contributed by atoms with Crippen LogP contribution < -0.4 is 5.73 Å². The lowest BCUT2D eigenvalue weighted by molar-refractivity contribution is -0.170. The highest BCUT2D eigenvalue weighted by Gasteiger charge is 2.39. The number of nitrogens with two attached hydrogens (primary N) is 1. The van der Waals surface area contributed by atoms with Gasteiger partial charge in [-0.15, -0.1) is 12.4 Å². The van der Waals surface area contributed by atoms with Gasteiger partial charge in [0.15, 0.2) is 5.78 Å². The minimum atomic E-state index is -4.97. The van der Waals surface area contributed by atoms with E-state index in [0.717, 1.165) is 0 Å². The smallest absolute Gasteiger partial charge is 0.399 e. The average Bonchev–Trinajstić information content (AvgIpc) is 2.17. The number of hydrogen-bond acceptors (Lipinski definition) is 3. The quantitative estimate of drug-likeness (QED) is 0.520. The molecule has 0 saturated heterocycles. The van der Waals surface area contributed by atoms with E-state index in [1.54, 1.807) is 0 Å². The molecule has 0 spiro atoms. The molecule has 3 nitrogen and oxygen atoms in total. The van der Waals surface area contributed by atoms with Crippen LogP contribution >= 0.6 is 12.4 Å². The van der Waals surface area contributed by atoms with E-state index in [-0.39, 0.29) is 18.0 Å². The third-order valence-corrected chi connectivity index (χ3v) is 1.87. The minimum Gasteiger partial charge on any atom is -0.399 e. The van der Waals surface area contributed by atoms with Crippen molar-refractivity contribution in [3.8, 4) is 0 Å². The zero-order chi connectivity index (χ0) is 12.3. The summed E-state index contributed by atoms with van der Waals surface area (Å²) in [6, 6.07) is 5.32. The van der Waals surface area contributed by atoms with Gasteiger partial charge in [-0.05, 0) is 24.3 Å². The molecule has 0 amide bonds. The second kappa shape index (κ2) is 5.67. The van der Waals surface area contributed by atoms with Crippen LogP contribution in [0.15, 0.2) is 24.3 Å². The first-order valence-electron chi connectivity index (χ1n) is 4.29. The van der Waals surface area contributed by atoms with Gasteiger partial charge >= 0.3 is 6.18 Å². The number of carbonyl (C=O) groups excluding carboxylic acids is 2. The van der Waals surface area contributed by atoms with Gasteiger partial charge < -0.3 is 5.73 Å². The lowest BCUT2D eigenvalue weighted by Crippen LogP contribution is -2.25. The van der Waals surface area contributed by atoms with Crippen LogP contribution in [-0.4, -0.2) is 17.7 Å². The van der Waals surface area contributed by atoms with Crippen molar-refractivity contribution in [2.24, 2.45) is 0 Å². The molecule has 0 unspecified atom stereocenters. The highest BCUT2D eigenvalue weighted by Crippen LogP contribution is 2.19. The molecule has 7 heteroatoms. The van der Waals surface area contributed by atoms with E-state index in [1.165, 1.54) is 24.3 Å². The van der Waals surface area contributed by atoms with Gasteiger partial charge in [-0.1, -0.05) is 0 Å². The summed E-state index contributed by atoms with van der Waals surface area (Å²) in [6.07, 6.45) is -6.14. The Morgan fingerprint density at radius 2 is 1.59 bits per heavy atom. The Morgan fingerprint density at radius 1 is 1.12 bits per heavy atom. The fourth-order valence-electron chi connectivity index (χ4n) is 1.02. The number of rotatable bonds is 3. The number of Topliss-reactive ketones (excluding diaryl/α,β-unsaturated/α-hetero) is 2. The van der Waals surface area contributed by atoms with Gasteiger partial charge in [-0.25, -0.2) is 0 Å². The Morgan fingerprint density at radius 3 is 2.00 bits per heavy atom. The van der Waals surface area contributed by atoms with Crippen LogP contribution in [-0.2, 0) is 4.79 Å². The van der Waals surface area contributed by atoms with Gasteiger partial charge in [-0.2, -0.15) is 13.2 Å². The fourth-order valence-corrected chi connectivity index (χ4v) is 1.02. The summed E-state index contributed by atoms with van der Waals surface area (Å²) in [5.41, 5.74) is 5.76. The molecule has 0 bridgehead atoms. The maximum Gasteiger partial charge on any atom is 0.450 e. The van der Waals surface area contributed by atoms with Crippen molar-refractivity contribution in [2.75, 3.05) is 5.73 Å². The van der Waals surface area contributed by atoms with E-state index in [4.69, 9.17) is 5.73 Å². The Labute approximate surface area is 101 Å². The molecule has 94 valence electrons. The zero-order valence-corrected chi connectivity index (χ0v) is 9.27. The molecule has 1 aromatic rings. The summed E-state index contributed by atoms with van der Waals surface area (Å²) < 4.78 is 35.6. The molecule has 0 aliphatic heterocycles. The van der Waals surface area contributed by atoms with Crippen LogP contribution in [0.3, 0.4) is 0 Å². The van der Waals surface area contributed by atoms with Crippen molar-refractivity contribution >= 4 is 29.7 Å². The maximum atomic E-state index is 11.9. The van der Waals surface area contributed by atoms with Crippen molar-refractivity contribution in [3.63, 3.8) is 0 Å². The molecule has 0 atom stereocenters. The maximum absolute atomic E-state index is 11.9. The number of alkyl halides is 3. The first-order chi connectivity index (χ1) is 7.30. The molecular weight excluding hydrogens is 259 g/mol. The number of halogens is 4. The van der Waals surface area contributed by atoms with E-state index >= 15 is 0 Å². The lowest BCUT2D eigenvalue weighted by atomic mass is 10.1. The number of carbonyl (C=O) groups is 2. The molecule has 0 aliphatic carbocycles. The van der Waals surface area contributed by atoms with Gasteiger partial charge in [-0.3, -0.25) is 9.59 Å². The first kappa shape index (κ1) is 15.4. The summed E-state index contributed by atoms with van der Waals surface area (Å²) in [5.74, 6) is -2.92. The van der Waals surface area contributed by atoms with E-state index in [9.17, 15) is 22.8 Å². The van der Waals surface area contributed by atoms with Crippen molar-refractivity contribution in [2.45, 2.75) is 12.6 Å². The van der Waals surface area contributed by atoms with Gasteiger partial charge in [0.2, 0.25) is 5.78 Å². The molecule has 0 saturated carbocycles. The second-order valence-electron chi connectivity index (χ2n) is 3.14. The Hall–Kier alpha value is -1.56. The van der Waals surface area contributed by atoms with Crippen molar-refractivity contribution in [1.29, 1.82) is 0 Å². The number of nitrogen functional groups attached to an aromatic ring is 1. The predicted molar refractivity (Wildman–Crippen MR) is 58.1 cm³/mol. The summed E-state index contributed by atoms with van der Waals surface area (Å²) >= 11 is 0. The zero-order valence-electron chi connectivity index (χ0n) is 8.45. The Kier molecular flexibility index (Phi) is 5.15. The van der Waals surface area contributed by atoms with E-state index < -0.39 is 24.2 Å². The summed E-state index contributed by atoms with van der Waals surface area (Å²) in [6.45, 7) is 0. The Bertz CT molecular complexity index is 415. The second-order valence-corrected chi connectivity index (χ2v) is 3.14. The van der Waals surface area contributed by atoms with Crippen LogP contribution in [0.25, 0.3) is 0 Å². The van der Waals surface area contributed by atoms with E-state index in [1.807, 2.05) is 0 Å². The summed E-state index contributed by atoms with van der Waals surface area (Å²) in [4.78, 5) is 21.8. The standard InChI is InChI=1S/C10H8F3NO2.ClH/c11-10(12,13)9(16)5-8(15)6-1-3-7(14)4-2-6;/h1-4H,5,14H2;1H. The summed E-state index contributed by atoms with van der Waals surface area (Å²) in [5, 5.41) is 0. The van der Waals surface area contributed by atoms with E-state index in [0.29, 0.717) is 5.69 Å². The van der Waals surface area contributed by atoms with Crippen LogP contribution in [0.2, 0.25) is 0 Å². The van der Waals surface area contributed by atoms with E-state index in [2.05, 4.69) is 0 Å². The average molecular weight is 268 g/mol. The number of ketones is 2. The van der Waals surface area contributed by atoms with Gasteiger partial charge in [0, 0.05) is 11.3 Å². The molecule has 0 heterocycles. The van der Waals surface area contributed by atoms with Crippen LogP contribution in [0.4, 0.5) is 18.9 Å².